The van der Waals surface area contributed by atoms with Gasteiger partial charge in [0, 0.05) is 5.92 Å². The lowest BCUT2D eigenvalue weighted by Crippen LogP contribution is -2.19. The highest BCUT2D eigenvalue weighted by molar-refractivity contribution is 6.37. The average molecular weight is 273 g/mol. The van der Waals surface area contributed by atoms with Crippen LogP contribution in [0, 0.1) is 5.92 Å². The second-order valence-corrected chi connectivity index (χ2v) is 5.10. The first-order valence-electron chi connectivity index (χ1n) is 5.78. The summed E-state index contributed by atoms with van der Waals surface area (Å²) in [6.07, 6.45) is 4.25. The third kappa shape index (κ3) is 3.14. The van der Waals surface area contributed by atoms with E-state index in [1.54, 1.807) is 18.2 Å². The van der Waals surface area contributed by atoms with Crippen LogP contribution in [0.4, 0.5) is 0 Å². The van der Waals surface area contributed by atoms with Crippen molar-refractivity contribution in [2.75, 3.05) is 6.61 Å². The van der Waals surface area contributed by atoms with Gasteiger partial charge in [0.1, 0.15) is 6.61 Å². The first kappa shape index (κ1) is 12.7. The van der Waals surface area contributed by atoms with Gasteiger partial charge in [-0.1, -0.05) is 42.1 Å². The van der Waals surface area contributed by atoms with Gasteiger partial charge in [-0.3, -0.25) is 4.79 Å². The van der Waals surface area contributed by atoms with Gasteiger partial charge < -0.3 is 4.74 Å². The molecule has 1 saturated carbocycles. The molecule has 2 rings (SSSR count). The number of ketones is 1. The monoisotopic (exact) mass is 272 g/mol. The Labute approximate surface area is 111 Å². The molecule has 1 aromatic rings. The molecule has 0 bridgehead atoms. The number of halogens is 2. The molecular weight excluding hydrogens is 259 g/mol. The molecular formula is C13H14Cl2O2. The normalized spacial score (nSPS) is 16.1. The number of hydrogen-bond acceptors (Lipinski definition) is 2. The fraction of sp³-hybridized carbons (Fsp3) is 0.462. The summed E-state index contributed by atoms with van der Waals surface area (Å²) in [4.78, 5) is 11.8. The third-order valence-electron chi connectivity index (χ3n) is 3.09. The minimum Gasteiger partial charge on any atom is -0.483 e. The van der Waals surface area contributed by atoms with E-state index in [1.807, 2.05) is 0 Å². The molecule has 4 heteroatoms. The van der Waals surface area contributed by atoms with E-state index < -0.39 is 0 Å². The molecule has 0 spiro atoms. The van der Waals surface area contributed by atoms with Crippen molar-refractivity contribution in [1.82, 2.24) is 0 Å². The molecule has 0 radical (unpaired) electrons. The molecule has 1 aliphatic rings. The van der Waals surface area contributed by atoms with Gasteiger partial charge in [-0.25, -0.2) is 0 Å². The van der Waals surface area contributed by atoms with Gasteiger partial charge in [0.15, 0.2) is 11.5 Å². The van der Waals surface area contributed by atoms with Crippen molar-refractivity contribution in [1.29, 1.82) is 0 Å². The van der Waals surface area contributed by atoms with E-state index >= 15 is 0 Å². The molecule has 17 heavy (non-hydrogen) atoms. The van der Waals surface area contributed by atoms with E-state index in [4.69, 9.17) is 27.9 Å². The minimum absolute atomic E-state index is 0.0636. The molecule has 1 aromatic carbocycles. The lowest BCUT2D eigenvalue weighted by molar-refractivity contribution is -0.124. The Balaban J connectivity index is 1.95. The maximum absolute atomic E-state index is 11.8. The molecule has 0 atom stereocenters. The van der Waals surface area contributed by atoms with Gasteiger partial charge in [-0.15, -0.1) is 0 Å². The van der Waals surface area contributed by atoms with E-state index in [-0.39, 0.29) is 18.3 Å². The summed E-state index contributed by atoms with van der Waals surface area (Å²) in [7, 11) is 0. The van der Waals surface area contributed by atoms with Crippen LogP contribution in [0.5, 0.6) is 5.75 Å². The van der Waals surface area contributed by atoms with Crippen LogP contribution >= 0.6 is 23.2 Å². The van der Waals surface area contributed by atoms with Gasteiger partial charge in [0.2, 0.25) is 0 Å². The Bertz CT molecular complexity index is 392. The van der Waals surface area contributed by atoms with Crippen LogP contribution in [0.15, 0.2) is 18.2 Å². The summed E-state index contributed by atoms with van der Waals surface area (Å²) >= 11 is 11.9. The smallest absolute Gasteiger partial charge is 0.173 e. The first-order valence-corrected chi connectivity index (χ1v) is 6.53. The van der Waals surface area contributed by atoms with Gasteiger partial charge >= 0.3 is 0 Å². The number of hydrogen-bond donors (Lipinski definition) is 0. The number of rotatable bonds is 4. The van der Waals surface area contributed by atoms with E-state index in [0.29, 0.717) is 15.8 Å². The van der Waals surface area contributed by atoms with Crippen LogP contribution in [0.1, 0.15) is 25.7 Å². The third-order valence-corrected chi connectivity index (χ3v) is 3.68. The summed E-state index contributed by atoms with van der Waals surface area (Å²) < 4.78 is 5.43. The van der Waals surface area contributed by atoms with Crippen molar-refractivity contribution in [2.45, 2.75) is 25.7 Å². The topological polar surface area (TPSA) is 26.3 Å². The summed E-state index contributed by atoms with van der Waals surface area (Å²) in [5, 5.41) is 0.883. The standard InChI is InChI=1S/C13H14Cl2O2/c14-10-6-3-7-11(15)13(10)17-8-12(16)9-4-1-2-5-9/h3,6-7,9H,1-2,4-5,8H2. The SMILES string of the molecule is O=C(COc1c(Cl)cccc1Cl)C1CCCC1. The quantitative estimate of drug-likeness (QED) is 0.824. The summed E-state index contributed by atoms with van der Waals surface area (Å²) in [5.74, 6) is 0.719. The maximum atomic E-state index is 11.8. The molecule has 0 aliphatic heterocycles. The van der Waals surface area contributed by atoms with Crippen molar-refractivity contribution in [3.05, 3.63) is 28.2 Å². The molecule has 0 unspecified atom stereocenters. The molecule has 1 fully saturated rings. The zero-order chi connectivity index (χ0) is 12.3. The molecule has 0 amide bonds. The van der Waals surface area contributed by atoms with Crippen molar-refractivity contribution >= 4 is 29.0 Å². The van der Waals surface area contributed by atoms with Gasteiger partial charge in [-0.2, -0.15) is 0 Å². The zero-order valence-electron chi connectivity index (χ0n) is 9.42. The van der Waals surface area contributed by atoms with Gasteiger partial charge in [0.25, 0.3) is 0 Å². The number of para-hydroxylation sites is 1. The lowest BCUT2D eigenvalue weighted by Gasteiger charge is -2.11. The van der Waals surface area contributed by atoms with E-state index in [1.165, 1.54) is 0 Å². The Morgan fingerprint density at radius 3 is 2.41 bits per heavy atom. The number of ether oxygens (including phenoxy) is 1. The zero-order valence-corrected chi connectivity index (χ0v) is 10.9. The molecule has 2 nitrogen and oxygen atoms in total. The molecule has 0 N–H and O–H groups in total. The largest absolute Gasteiger partial charge is 0.483 e. The van der Waals surface area contributed by atoms with Crippen molar-refractivity contribution < 1.29 is 9.53 Å². The highest BCUT2D eigenvalue weighted by Gasteiger charge is 2.23. The highest BCUT2D eigenvalue weighted by Crippen LogP contribution is 2.33. The van der Waals surface area contributed by atoms with Crippen molar-refractivity contribution in [2.24, 2.45) is 5.92 Å². The second-order valence-electron chi connectivity index (χ2n) is 4.29. The average Bonchev–Trinajstić information content (AvgIpc) is 2.81. The maximum Gasteiger partial charge on any atom is 0.173 e. The summed E-state index contributed by atoms with van der Waals surface area (Å²) in [6.45, 7) is 0.0636. The van der Waals surface area contributed by atoms with Crippen LogP contribution in [-0.4, -0.2) is 12.4 Å². The fourth-order valence-electron chi connectivity index (χ4n) is 2.13. The second kappa shape index (κ2) is 5.74. The van der Waals surface area contributed by atoms with Crippen LogP contribution in [0.3, 0.4) is 0 Å². The van der Waals surface area contributed by atoms with Gasteiger partial charge in [-0.05, 0) is 25.0 Å². The Hall–Kier alpha value is -0.730. The Morgan fingerprint density at radius 2 is 1.82 bits per heavy atom. The highest BCUT2D eigenvalue weighted by atomic mass is 35.5. The number of carbonyl (C=O) groups excluding carboxylic acids is 1. The van der Waals surface area contributed by atoms with Gasteiger partial charge in [0.05, 0.1) is 10.0 Å². The summed E-state index contributed by atoms with van der Waals surface area (Å²) in [5.41, 5.74) is 0. The van der Waals surface area contributed by atoms with Crippen molar-refractivity contribution in [3.8, 4) is 5.75 Å². The molecule has 1 aliphatic carbocycles. The van der Waals surface area contributed by atoms with Crippen molar-refractivity contribution in [3.63, 3.8) is 0 Å². The fourth-order valence-corrected chi connectivity index (χ4v) is 2.64. The van der Waals surface area contributed by atoms with E-state index in [9.17, 15) is 4.79 Å². The number of benzene rings is 1. The van der Waals surface area contributed by atoms with Crippen LogP contribution in [-0.2, 0) is 4.79 Å². The van der Waals surface area contributed by atoms with Crippen LogP contribution in [0.2, 0.25) is 10.0 Å². The first-order chi connectivity index (χ1) is 8.18. The molecule has 92 valence electrons. The minimum atomic E-state index is 0.0636. The van der Waals surface area contributed by atoms with Crippen LogP contribution < -0.4 is 4.74 Å². The predicted molar refractivity (Wildman–Crippen MR) is 68.9 cm³/mol. The Morgan fingerprint density at radius 1 is 1.24 bits per heavy atom. The molecule has 0 aromatic heterocycles. The lowest BCUT2D eigenvalue weighted by atomic mass is 10.0. The molecule has 0 saturated heterocycles. The van der Waals surface area contributed by atoms with Crippen LogP contribution in [0.25, 0.3) is 0 Å². The van der Waals surface area contributed by atoms with E-state index in [2.05, 4.69) is 0 Å². The number of carbonyl (C=O) groups is 1. The van der Waals surface area contributed by atoms with E-state index in [0.717, 1.165) is 25.7 Å². The predicted octanol–water partition coefficient (Wildman–Crippen LogP) is 4.13. The molecule has 0 heterocycles. The summed E-state index contributed by atoms with van der Waals surface area (Å²) in [6, 6.07) is 5.14. The Kier molecular flexibility index (Phi) is 4.30. The number of Topliss-reactive ketones (excluding diaryl/α,β-unsaturated/α-hetero) is 1.